The normalized spacial score (nSPS) is 10.7. The highest BCUT2D eigenvalue weighted by Crippen LogP contribution is 2.30. The van der Waals surface area contributed by atoms with Crippen molar-refractivity contribution in [2.75, 3.05) is 6.61 Å². The fourth-order valence-electron chi connectivity index (χ4n) is 1.19. The van der Waals surface area contributed by atoms with Crippen molar-refractivity contribution in [3.63, 3.8) is 0 Å². The van der Waals surface area contributed by atoms with E-state index in [1.54, 1.807) is 52.1 Å². The number of esters is 1. The van der Waals surface area contributed by atoms with Crippen LogP contribution in [-0.2, 0) is 16.0 Å². The Morgan fingerprint density at radius 2 is 2.18 bits per heavy atom. The number of aromatic nitrogens is 1. The van der Waals surface area contributed by atoms with Gasteiger partial charge in [0.15, 0.2) is 0 Å². The lowest BCUT2D eigenvalue weighted by Gasteiger charge is -2.10. The molecule has 0 saturated heterocycles. The average Bonchev–Trinajstić information content (AvgIpc) is 2.22. The maximum atomic E-state index is 12.8. The number of halogens is 4. The van der Waals surface area contributed by atoms with Crippen LogP contribution in [0.1, 0.15) is 24.6 Å². The van der Waals surface area contributed by atoms with Gasteiger partial charge in [-0.1, -0.05) is 0 Å². The third kappa shape index (κ3) is 3.97. The monoisotopic (exact) mass is 467 g/mol. The third-order valence-corrected chi connectivity index (χ3v) is 3.98. The van der Waals surface area contributed by atoms with Crippen LogP contribution < -0.4 is 0 Å². The van der Waals surface area contributed by atoms with Crippen molar-refractivity contribution in [3.05, 3.63) is 24.6 Å². The molecular formula is C10H9F2I2NO2. The van der Waals surface area contributed by atoms with Crippen molar-refractivity contribution in [1.29, 1.82) is 0 Å². The van der Waals surface area contributed by atoms with Crippen LogP contribution in [0, 0.1) is 7.14 Å². The van der Waals surface area contributed by atoms with Gasteiger partial charge in [0.25, 0.3) is 6.43 Å². The molecule has 0 aliphatic carbocycles. The highest BCUT2D eigenvalue weighted by atomic mass is 127. The molecule has 0 atom stereocenters. The predicted octanol–water partition coefficient (Wildman–Crippen LogP) is 3.33. The van der Waals surface area contributed by atoms with Gasteiger partial charge in [0, 0.05) is 18.9 Å². The Hall–Kier alpha value is -0.0600. The molecular weight excluding hydrogens is 458 g/mol. The number of hydrogen-bond donors (Lipinski definition) is 0. The third-order valence-electron chi connectivity index (χ3n) is 1.92. The molecule has 17 heavy (non-hydrogen) atoms. The van der Waals surface area contributed by atoms with Gasteiger partial charge in [-0.05, 0) is 52.1 Å². The van der Waals surface area contributed by atoms with E-state index in [-0.39, 0.29) is 18.6 Å². The summed E-state index contributed by atoms with van der Waals surface area (Å²) in [7, 11) is 0. The molecule has 3 nitrogen and oxygen atoms in total. The molecule has 0 N–H and O–H groups in total. The maximum Gasteiger partial charge on any atom is 0.311 e. The van der Waals surface area contributed by atoms with Gasteiger partial charge in [-0.3, -0.25) is 9.78 Å². The van der Waals surface area contributed by atoms with Crippen LogP contribution in [0.15, 0.2) is 6.20 Å². The lowest BCUT2D eigenvalue weighted by atomic mass is 10.2. The zero-order valence-corrected chi connectivity index (χ0v) is 13.2. The minimum absolute atomic E-state index is 0.0690. The van der Waals surface area contributed by atoms with Gasteiger partial charge in [-0.15, -0.1) is 0 Å². The zero-order valence-electron chi connectivity index (χ0n) is 8.84. The summed E-state index contributed by atoms with van der Waals surface area (Å²) < 4.78 is 31.1. The number of pyridine rings is 1. The number of rotatable bonds is 4. The van der Waals surface area contributed by atoms with Gasteiger partial charge >= 0.3 is 5.97 Å². The van der Waals surface area contributed by atoms with Gasteiger partial charge in [-0.25, -0.2) is 8.78 Å². The Morgan fingerprint density at radius 1 is 1.53 bits per heavy atom. The molecule has 94 valence electrons. The first-order chi connectivity index (χ1) is 7.97. The summed E-state index contributed by atoms with van der Waals surface area (Å²) in [5.74, 6) is -0.459. The van der Waals surface area contributed by atoms with Crippen LogP contribution in [0.5, 0.6) is 0 Å². The second-order valence-corrected chi connectivity index (χ2v) is 5.30. The Bertz CT molecular complexity index is 427. The van der Waals surface area contributed by atoms with Crippen molar-refractivity contribution in [2.24, 2.45) is 0 Å². The molecule has 1 aromatic rings. The number of nitrogens with zero attached hydrogens (tertiary/aromatic N) is 1. The fraction of sp³-hybridized carbons (Fsp3) is 0.400. The van der Waals surface area contributed by atoms with Crippen LogP contribution in [-0.4, -0.2) is 17.6 Å². The molecule has 0 spiro atoms. The van der Waals surface area contributed by atoms with Crippen molar-refractivity contribution in [1.82, 2.24) is 4.98 Å². The summed E-state index contributed by atoms with van der Waals surface area (Å²) in [4.78, 5) is 15.3. The Kier molecular flexibility index (Phi) is 5.97. The van der Waals surface area contributed by atoms with E-state index in [2.05, 4.69) is 4.98 Å². The van der Waals surface area contributed by atoms with E-state index >= 15 is 0 Å². The summed E-state index contributed by atoms with van der Waals surface area (Å²) in [5, 5.41) is 0. The highest BCUT2D eigenvalue weighted by molar-refractivity contribution is 14.1. The molecule has 0 amide bonds. The van der Waals surface area contributed by atoms with Crippen LogP contribution in [0.4, 0.5) is 8.78 Å². The summed E-state index contributed by atoms with van der Waals surface area (Å²) in [6, 6.07) is 0. The fourth-order valence-corrected chi connectivity index (χ4v) is 3.21. The van der Waals surface area contributed by atoms with Crippen molar-refractivity contribution < 1.29 is 18.3 Å². The van der Waals surface area contributed by atoms with E-state index in [0.29, 0.717) is 12.8 Å². The molecule has 0 fully saturated rings. The maximum absolute atomic E-state index is 12.8. The van der Waals surface area contributed by atoms with Crippen LogP contribution in [0.25, 0.3) is 0 Å². The smallest absolute Gasteiger partial charge is 0.311 e. The largest absolute Gasteiger partial charge is 0.466 e. The second kappa shape index (κ2) is 6.76. The Balaban J connectivity index is 3.02. The molecule has 1 heterocycles. The highest BCUT2D eigenvalue weighted by Gasteiger charge is 2.20. The van der Waals surface area contributed by atoms with Crippen LogP contribution >= 0.6 is 45.2 Å². The van der Waals surface area contributed by atoms with Crippen LogP contribution in [0.2, 0.25) is 0 Å². The molecule has 1 rings (SSSR count). The standard InChI is InChI=1S/C10H9F2I2NO2/c1-2-17-7(16)3-6-9(14)8(10(11)12)5(13)4-15-6/h4,10H,2-3H2,1H3. The summed E-state index contributed by atoms with van der Waals surface area (Å²) >= 11 is 3.59. The zero-order chi connectivity index (χ0) is 13.0. The molecule has 1 aromatic heterocycles. The number of carbonyl (C=O) groups excluding carboxylic acids is 1. The van der Waals surface area contributed by atoms with Gasteiger partial charge in [-0.2, -0.15) is 0 Å². The first-order valence-corrected chi connectivity index (χ1v) is 6.89. The average molecular weight is 467 g/mol. The molecule has 7 heteroatoms. The first kappa shape index (κ1) is 15.0. The SMILES string of the molecule is CCOC(=O)Cc1ncc(I)c(C(F)F)c1I. The summed E-state index contributed by atoms with van der Waals surface area (Å²) in [5.41, 5.74) is 0.264. The van der Waals surface area contributed by atoms with Crippen molar-refractivity contribution >= 4 is 51.2 Å². The summed E-state index contributed by atoms with van der Waals surface area (Å²) in [6.07, 6.45) is -1.31. The quantitative estimate of drug-likeness (QED) is 0.504. The van der Waals surface area contributed by atoms with E-state index in [4.69, 9.17) is 4.74 Å². The summed E-state index contributed by atoms with van der Waals surface area (Å²) in [6.45, 7) is 1.95. The molecule has 0 aliphatic rings. The van der Waals surface area contributed by atoms with E-state index in [1.165, 1.54) is 6.20 Å². The van der Waals surface area contributed by atoms with E-state index < -0.39 is 12.4 Å². The van der Waals surface area contributed by atoms with Gasteiger partial charge < -0.3 is 4.74 Å². The van der Waals surface area contributed by atoms with Gasteiger partial charge in [0.05, 0.1) is 18.7 Å². The lowest BCUT2D eigenvalue weighted by Crippen LogP contribution is -2.12. The Labute approximate surface area is 125 Å². The number of hydrogen-bond acceptors (Lipinski definition) is 3. The topological polar surface area (TPSA) is 39.2 Å². The number of ether oxygens (including phenoxy) is 1. The minimum atomic E-state index is -2.57. The lowest BCUT2D eigenvalue weighted by molar-refractivity contribution is -0.142. The number of carbonyl (C=O) groups is 1. The molecule has 0 saturated carbocycles. The molecule has 0 radical (unpaired) electrons. The van der Waals surface area contributed by atoms with Gasteiger partial charge in [0.2, 0.25) is 0 Å². The van der Waals surface area contributed by atoms with E-state index in [1.807, 2.05) is 0 Å². The van der Waals surface area contributed by atoms with Crippen molar-refractivity contribution in [3.8, 4) is 0 Å². The minimum Gasteiger partial charge on any atom is -0.466 e. The first-order valence-electron chi connectivity index (χ1n) is 4.73. The molecule has 0 aliphatic heterocycles. The molecule has 0 bridgehead atoms. The van der Waals surface area contributed by atoms with Crippen molar-refractivity contribution in [2.45, 2.75) is 19.8 Å². The molecule has 0 aromatic carbocycles. The van der Waals surface area contributed by atoms with Crippen LogP contribution in [0.3, 0.4) is 0 Å². The number of alkyl halides is 2. The second-order valence-electron chi connectivity index (χ2n) is 3.06. The molecule has 0 unspecified atom stereocenters. The van der Waals surface area contributed by atoms with E-state index in [0.717, 1.165) is 0 Å². The van der Waals surface area contributed by atoms with Gasteiger partial charge in [0.1, 0.15) is 0 Å². The Morgan fingerprint density at radius 3 is 2.71 bits per heavy atom. The predicted molar refractivity (Wildman–Crippen MR) is 75.0 cm³/mol. The van der Waals surface area contributed by atoms with E-state index in [9.17, 15) is 13.6 Å².